The average molecular weight is 482 g/mol. The number of aryl methyl sites for hydroxylation is 1. The molecule has 0 aliphatic carbocycles. The van der Waals surface area contributed by atoms with Gasteiger partial charge in [0.1, 0.15) is 5.82 Å². The summed E-state index contributed by atoms with van der Waals surface area (Å²) in [5.74, 6) is 1.10. The molecule has 4 heterocycles. The minimum absolute atomic E-state index is 0.145. The number of fused-ring (bicyclic) bond motifs is 1. The van der Waals surface area contributed by atoms with Crippen molar-refractivity contribution in [2.24, 2.45) is 0 Å². The average Bonchev–Trinajstić information content (AvgIpc) is 3.31. The van der Waals surface area contributed by atoms with Gasteiger partial charge in [0.2, 0.25) is 15.9 Å². The van der Waals surface area contributed by atoms with E-state index < -0.39 is 10.0 Å². The quantitative estimate of drug-likeness (QED) is 0.541. The van der Waals surface area contributed by atoms with Crippen LogP contribution in [0, 0.1) is 0 Å². The minimum Gasteiger partial charge on any atom is -0.353 e. The number of hydrogen-bond acceptors (Lipinski definition) is 5. The summed E-state index contributed by atoms with van der Waals surface area (Å²) in [7, 11) is -3.45. The molecule has 0 atom stereocenters. The summed E-state index contributed by atoms with van der Waals surface area (Å²) in [6.45, 7) is 4.71. The van der Waals surface area contributed by atoms with E-state index in [2.05, 4.69) is 9.88 Å². The van der Waals surface area contributed by atoms with Crippen molar-refractivity contribution in [3.8, 4) is 0 Å². The van der Waals surface area contributed by atoms with Gasteiger partial charge in [-0.25, -0.2) is 13.4 Å². The van der Waals surface area contributed by atoms with E-state index in [1.165, 1.54) is 0 Å². The van der Waals surface area contributed by atoms with Gasteiger partial charge in [-0.2, -0.15) is 4.31 Å². The van der Waals surface area contributed by atoms with Gasteiger partial charge in [-0.1, -0.05) is 12.5 Å². The van der Waals surface area contributed by atoms with Crippen LogP contribution < -0.4 is 4.90 Å². The second-order valence-corrected chi connectivity index (χ2v) is 10.9. The van der Waals surface area contributed by atoms with Crippen molar-refractivity contribution >= 4 is 32.7 Å². The van der Waals surface area contributed by atoms with Crippen molar-refractivity contribution in [2.75, 3.05) is 44.2 Å². The molecule has 3 aromatic rings. The Balaban J connectivity index is 1.20. The highest BCUT2D eigenvalue weighted by atomic mass is 32.2. The fourth-order valence-electron chi connectivity index (χ4n) is 4.89. The van der Waals surface area contributed by atoms with E-state index in [1.807, 2.05) is 46.0 Å². The third-order valence-corrected chi connectivity index (χ3v) is 8.76. The number of nitrogens with zero attached hydrogens (tertiary/aromatic N) is 5. The van der Waals surface area contributed by atoms with Gasteiger partial charge in [-0.05, 0) is 49.2 Å². The van der Waals surface area contributed by atoms with Crippen LogP contribution in [0.5, 0.6) is 0 Å². The fraction of sp³-hybridized carbons (Fsp3) is 0.440. The number of anilines is 1. The number of aromatic nitrogens is 2. The summed E-state index contributed by atoms with van der Waals surface area (Å²) in [6, 6.07) is 13.1. The molecule has 0 radical (unpaired) electrons. The molecule has 2 aliphatic rings. The van der Waals surface area contributed by atoms with Crippen molar-refractivity contribution in [2.45, 2.75) is 37.1 Å². The van der Waals surface area contributed by atoms with Crippen molar-refractivity contribution < 1.29 is 13.2 Å². The molecule has 5 rings (SSSR count). The zero-order valence-electron chi connectivity index (χ0n) is 19.3. The monoisotopic (exact) mass is 481 g/mol. The van der Waals surface area contributed by atoms with Crippen molar-refractivity contribution in [1.82, 2.24) is 18.8 Å². The number of carbonyl (C=O) groups is 1. The Kier molecular flexibility index (Phi) is 6.56. The highest BCUT2D eigenvalue weighted by Gasteiger charge is 2.26. The van der Waals surface area contributed by atoms with E-state index in [0.717, 1.165) is 49.1 Å². The molecule has 34 heavy (non-hydrogen) atoms. The molecule has 2 aromatic heterocycles. The summed E-state index contributed by atoms with van der Waals surface area (Å²) >= 11 is 0. The van der Waals surface area contributed by atoms with Crippen LogP contribution in [0.2, 0.25) is 0 Å². The van der Waals surface area contributed by atoms with Crippen LogP contribution in [-0.4, -0.2) is 72.3 Å². The first-order chi connectivity index (χ1) is 16.5. The van der Waals surface area contributed by atoms with Crippen LogP contribution in [0.25, 0.3) is 10.9 Å². The van der Waals surface area contributed by atoms with Crippen LogP contribution in [-0.2, 0) is 21.4 Å². The molecule has 2 fully saturated rings. The standard InChI is InChI=1S/C25H31N5O3S/c31-25(29-18-16-28(17-19-29)24-6-2-3-11-26-24)10-15-27-14-9-21-20-22(7-8-23(21)27)34(32,33)30-12-4-1-5-13-30/h2-3,6-9,11,14,20H,1,4-5,10,12-13,15-19H2. The summed E-state index contributed by atoms with van der Waals surface area (Å²) in [4.78, 5) is 21.7. The SMILES string of the molecule is O=C(CCn1ccc2cc(S(=O)(=O)N3CCCCC3)ccc21)N1CCN(c2ccccn2)CC1. The predicted octanol–water partition coefficient (Wildman–Crippen LogP) is 2.95. The van der Waals surface area contributed by atoms with Gasteiger partial charge >= 0.3 is 0 Å². The summed E-state index contributed by atoms with van der Waals surface area (Å²) in [6.07, 6.45) is 7.08. The number of sulfonamides is 1. The fourth-order valence-corrected chi connectivity index (χ4v) is 6.44. The predicted molar refractivity (Wildman–Crippen MR) is 132 cm³/mol. The Morgan fingerprint density at radius 2 is 1.71 bits per heavy atom. The Hall–Kier alpha value is -2.91. The number of rotatable bonds is 6. The first-order valence-electron chi connectivity index (χ1n) is 12.1. The lowest BCUT2D eigenvalue weighted by atomic mass is 10.2. The van der Waals surface area contributed by atoms with Crippen molar-refractivity contribution in [1.29, 1.82) is 0 Å². The number of carbonyl (C=O) groups excluding carboxylic acids is 1. The van der Waals surface area contributed by atoms with E-state index in [4.69, 9.17) is 0 Å². The number of hydrogen-bond donors (Lipinski definition) is 0. The largest absolute Gasteiger partial charge is 0.353 e. The summed E-state index contributed by atoms with van der Waals surface area (Å²) in [5.41, 5.74) is 0.949. The zero-order chi connectivity index (χ0) is 23.5. The maximum absolute atomic E-state index is 13.0. The topological polar surface area (TPSA) is 78.8 Å². The Morgan fingerprint density at radius 1 is 0.912 bits per heavy atom. The number of piperidine rings is 1. The van der Waals surface area contributed by atoms with Gasteiger partial charge in [-0.15, -0.1) is 0 Å². The number of piperazine rings is 1. The molecule has 0 N–H and O–H groups in total. The van der Waals surface area contributed by atoms with Gasteiger partial charge in [0, 0.05) is 75.5 Å². The van der Waals surface area contributed by atoms with Crippen LogP contribution >= 0.6 is 0 Å². The van der Waals surface area contributed by atoms with Gasteiger partial charge in [-0.3, -0.25) is 4.79 Å². The molecule has 0 saturated carbocycles. The van der Waals surface area contributed by atoms with E-state index in [0.29, 0.717) is 44.0 Å². The van der Waals surface area contributed by atoms with Gasteiger partial charge in [0.05, 0.1) is 4.90 Å². The van der Waals surface area contributed by atoms with Crippen LogP contribution in [0.3, 0.4) is 0 Å². The first kappa shape index (κ1) is 22.9. The molecule has 1 aromatic carbocycles. The maximum Gasteiger partial charge on any atom is 0.243 e. The van der Waals surface area contributed by atoms with Gasteiger partial charge < -0.3 is 14.4 Å². The second-order valence-electron chi connectivity index (χ2n) is 9.00. The van der Waals surface area contributed by atoms with Crippen LogP contribution in [0.15, 0.2) is 59.8 Å². The summed E-state index contributed by atoms with van der Waals surface area (Å²) in [5, 5.41) is 0.884. The highest BCUT2D eigenvalue weighted by Crippen LogP contribution is 2.25. The lowest BCUT2D eigenvalue weighted by molar-refractivity contribution is -0.131. The molecular formula is C25H31N5O3S. The minimum atomic E-state index is -3.45. The van der Waals surface area contributed by atoms with Crippen molar-refractivity contribution in [3.05, 3.63) is 54.9 Å². The smallest absolute Gasteiger partial charge is 0.243 e. The molecule has 8 nitrogen and oxygen atoms in total. The normalized spacial score (nSPS) is 17.9. The second kappa shape index (κ2) is 9.76. The van der Waals surface area contributed by atoms with E-state index in [1.54, 1.807) is 22.6 Å². The Labute approximate surface area is 200 Å². The van der Waals surface area contributed by atoms with Gasteiger partial charge in [0.15, 0.2) is 0 Å². The van der Waals surface area contributed by atoms with Gasteiger partial charge in [0.25, 0.3) is 0 Å². The van der Waals surface area contributed by atoms with E-state index in [-0.39, 0.29) is 5.91 Å². The molecule has 180 valence electrons. The number of benzene rings is 1. The first-order valence-corrected chi connectivity index (χ1v) is 13.5. The Morgan fingerprint density at radius 3 is 2.44 bits per heavy atom. The lowest BCUT2D eigenvalue weighted by Gasteiger charge is -2.35. The molecule has 0 bridgehead atoms. The molecule has 1 amide bonds. The molecular weight excluding hydrogens is 450 g/mol. The molecule has 2 saturated heterocycles. The lowest BCUT2D eigenvalue weighted by Crippen LogP contribution is -2.49. The Bertz CT molecular complexity index is 1240. The van der Waals surface area contributed by atoms with Crippen LogP contribution in [0.4, 0.5) is 5.82 Å². The van der Waals surface area contributed by atoms with E-state index >= 15 is 0 Å². The highest BCUT2D eigenvalue weighted by molar-refractivity contribution is 7.89. The third-order valence-electron chi connectivity index (χ3n) is 6.87. The maximum atomic E-state index is 13.0. The molecule has 2 aliphatic heterocycles. The number of amides is 1. The van der Waals surface area contributed by atoms with E-state index in [9.17, 15) is 13.2 Å². The molecule has 9 heteroatoms. The number of pyridine rings is 1. The summed E-state index contributed by atoms with van der Waals surface area (Å²) < 4.78 is 29.6. The molecule has 0 unspecified atom stereocenters. The zero-order valence-corrected chi connectivity index (χ0v) is 20.2. The third kappa shape index (κ3) is 4.67. The van der Waals surface area contributed by atoms with Crippen LogP contribution in [0.1, 0.15) is 25.7 Å². The van der Waals surface area contributed by atoms with Crippen molar-refractivity contribution in [3.63, 3.8) is 0 Å². The molecule has 0 spiro atoms.